The van der Waals surface area contributed by atoms with Crippen molar-refractivity contribution in [2.45, 2.75) is 19.5 Å². The van der Waals surface area contributed by atoms with Gasteiger partial charge in [-0.25, -0.2) is 19.3 Å². The first-order valence-electron chi connectivity index (χ1n) is 8.76. The molecule has 0 radical (unpaired) electrons. The van der Waals surface area contributed by atoms with Gasteiger partial charge in [-0.05, 0) is 24.6 Å². The second-order valence-corrected chi connectivity index (χ2v) is 6.21. The van der Waals surface area contributed by atoms with E-state index in [0.29, 0.717) is 11.5 Å². The van der Waals surface area contributed by atoms with Crippen LogP contribution in [0.25, 0.3) is 16.7 Å². The lowest BCUT2D eigenvalue weighted by Gasteiger charge is -2.18. The smallest absolute Gasteiger partial charge is 0.327 e. The maximum Gasteiger partial charge on any atom is 0.327 e. The van der Waals surface area contributed by atoms with Crippen molar-refractivity contribution in [3.63, 3.8) is 0 Å². The Labute approximate surface area is 161 Å². The number of fused-ring (bicyclic) bond motifs is 1. The van der Waals surface area contributed by atoms with E-state index < -0.39 is 0 Å². The molecule has 1 aromatic carbocycles. The molecule has 28 heavy (non-hydrogen) atoms. The van der Waals surface area contributed by atoms with Crippen LogP contribution < -0.4 is 5.32 Å². The molecule has 1 N–H and O–H groups in total. The van der Waals surface area contributed by atoms with Crippen LogP contribution in [0.5, 0.6) is 0 Å². The SMILES string of the molecule is COC(=O)Cn1ncc2c(NC(C)c3ccccc3-n3cccn3)ncnc21. The van der Waals surface area contributed by atoms with Crippen LogP contribution in [0.1, 0.15) is 18.5 Å². The van der Waals surface area contributed by atoms with Crippen molar-refractivity contribution in [3.05, 3.63) is 60.8 Å². The Balaban J connectivity index is 1.65. The molecule has 9 heteroatoms. The van der Waals surface area contributed by atoms with E-state index in [4.69, 9.17) is 4.74 Å². The minimum Gasteiger partial charge on any atom is -0.468 e. The van der Waals surface area contributed by atoms with E-state index in [2.05, 4.69) is 32.4 Å². The van der Waals surface area contributed by atoms with Crippen LogP contribution in [0.4, 0.5) is 5.82 Å². The number of carbonyl (C=O) groups excluding carboxylic acids is 1. The van der Waals surface area contributed by atoms with Gasteiger partial charge in [0.2, 0.25) is 0 Å². The Morgan fingerprint density at radius 2 is 2.07 bits per heavy atom. The van der Waals surface area contributed by atoms with Gasteiger partial charge >= 0.3 is 5.97 Å². The number of para-hydroxylation sites is 1. The predicted octanol–water partition coefficient (Wildman–Crippen LogP) is 2.36. The monoisotopic (exact) mass is 377 g/mol. The summed E-state index contributed by atoms with van der Waals surface area (Å²) in [5.74, 6) is 0.253. The summed E-state index contributed by atoms with van der Waals surface area (Å²) in [5.41, 5.74) is 2.62. The molecule has 3 heterocycles. The lowest BCUT2D eigenvalue weighted by molar-refractivity contribution is -0.141. The van der Waals surface area contributed by atoms with E-state index >= 15 is 0 Å². The van der Waals surface area contributed by atoms with E-state index in [1.165, 1.54) is 18.1 Å². The van der Waals surface area contributed by atoms with Crippen LogP contribution in [0.15, 0.2) is 55.2 Å². The molecule has 0 saturated carbocycles. The molecular formula is C19H19N7O2. The standard InChI is InChI=1S/C19H19N7O2/c1-13(14-6-3-4-7-16(14)25-9-5-8-22-25)24-18-15-10-23-26(11-17(27)28-2)19(15)21-12-20-18/h3-10,12-13H,11H2,1-2H3,(H,20,21,24). The molecule has 9 nitrogen and oxygen atoms in total. The Kier molecular flexibility index (Phi) is 4.71. The van der Waals surface area contributed by atoms with Crippen LogP contribution in [-0.4, -0.2) is 42.6 Å². The first kappa shape index (κ1) is 17.7. The fourth-order valence-electron chi connectivity index (χ4n) is 3.07. The topological polar surface area (TPSA) is 99.8 Å². The largest absolute Gasteiger partial charge is 0.468 e. The van der Waals surface area contributed by atoms with Crippen molar-refractivity contribution in [2.24, 2.45) is 0 Å². The summed E-state index contributed by atoms with van der Waals surface area (Å²) in [5, 5.41) is 12.7. The van der Waals surface area contributed by atoms with Crippen LogP contribution in [0, 0.1) is 0 Å². The van der Waals surface area contributed by atoms with Crippen LogP contribution in [0.2, 0.25) is 0 Å². The normalized spacial score (nSPS) is 12.1. The van der Waals surface area contributed by atoms with Gasteiger partial charge in [0.05, 0.1) is 30.4 Å². The van der Waals surface area contributed by atoms with E-state index in [9.17, 15) is 4.79 Å². The van der Waals surface area contributed by atoms with Gasteiger partial charge in [0, 0.05) is 12.4 Å². The van der Waals surface area contributed by atoms with E-state index in [1.54, 1.807) is 12.4 Å². The zero-order chi connectivity index (χ0) is 19.5. The highest BCUT2D eigenvalue weighted by Crippen LogP contribution is 2.27. The second kappa shape index (κ2) is 7.47. The van der Waals surface area contributed by atoms with Gasteiger partial charge in [-0.1, -0.05) is 18.2 Å². The zero-order valence-electron chi connectivity index (χ0n) is 15.5. The molecule has 0 spiro atoms. The highest BCUT2D eigenvalue weighted by Gasteiger charge is 2.16. The minimum absolute atomic E-state index is 0.00581. The summed E-state index contributed by atoms with van der Waals surface area (Å²) in [6.07, 6.45) is 6.75. The summed E-state index contributed by atoms with van der Waals surface area (Å²) < 4.78 is 8.03. The number of hydrogen-bond donors (Lipinski definition) is 1. The molecule has 142 valence electrons. The van der Waals surface area contributed by atoms with Gasteiger partial charge in [-0.3, -0.25) is 4.79 Å². The van der Waals surface area contributed by atoms with Gasteiger partial charge < -0.3 is 10.1 Å². The number of esters is 1. The van der Waals surface area contributed by atoms with Gasteiger partial charge in [0.15, 0.2) is 5.65 Å². The molecule has 0 fully saturated rings. The number of methoxy groups -OCH3 is 1. The predicted molar refractivity (Wildman–Crippen MR) is 103 cm³/mol. The van der Waals surface area contributed by atoms with E-state index in [-0.39, 0.29) is 18.6 Å². The third-order valence-corrected chi connectivity index (χ3v) is 4.45. The number of anilines is 1. The van der Waals surface area contributed by atoms with Crippen molar-refractivity contribution in [1.82, 2.24) is 29.5 Å². The minimum atomic E-state index is -0.389. The van der Waals surface area contributed by atoms with Crippen LogP contribution >= 0.6 is 0 Å². The number of nitrogens with zero attached hydrogens (tertiary/aromatic N) is 6. The molecular weight excluding hydrogens is 358 g/mol. The molecule has 1 unspecified atom stereocenters. The van der Waals surface area contributed by atoms with Crippen molar-refractivity contribution in [2.75, 3.05) is 12.4 Å². The number of carbonyl (C=O) groups is 1. The molecule has 0 bridgehead atoms. The Morgan fingerprint density at radius 3 is 2.86 bits per heavy atom. The number of rotatable bonds is 6. The molecule has 1 atom stereocenters. The number of nitrogens with one attached hydrogen (secondary N) is 1. The molecule has 0 aliphatic rings. The van der Waals surface area contributed by atoms with Crippen LogP contribution in [0.3, 0.4) is 0 Å². The molecule has 0 amide bonds. The fourth-order valence-corrected chi connectivity index (χ4v) is 3.07. The van der Waals surface area contributed by atoms with Crippen LogP contribution in [-0.2, 0) is 16.1 Å². The van der Waals surface area contributed by atoms with Crippen molar-refractivity contribution < 1.29 is 9.53 Å². The Morgan fingerprint density at radius 1 is 1.21 bits per heavy atom. The maximum atomic E-state index is 11.6. The number of benzene rings is 1. The number of hydrogen-bond acceptors (Lipinski definition) is 7. The average molecular weight is 377 g/mol. The van der Waals surface area contributed by atoms with Gasteiger partial charge in [-0.15, -0.1) is 0 Å². The van der Waals surface area contributed by atoms with Crippen molar-refractivity contribution in [3.8, 4) is 5.69 Å². The fraction of sp³-hybridized carbons (Fsp3) is 0.211. The quantitative estimate of drug-likeness (QED) is 0.515. The highest BCUT2D eigenvalue weighted by atomic mass is 16.5. The molecule has 0 saturated heterocycles. The van der Waals surface area contributed by atoms with Crippen molar-refractivity contribution >= 4 is 22.8 Å². The summed E-state index contributed by atoms with van der Waals surface area (Å²) in [6, 6.07) is 9.87. The molecule has 0 aliphatic carbocycles. The lowest BCUT2D eigenvalue weighted by atomic mass is 10.1. The molecule has 4 rings (SSSR count). The first-order chi connectivity index (χ1) is 13.7. The zero-order valence-corrected chi connectivity index (χ0v) is 15.5. The third-order valence-electron chi connectivity index (χ3n) is 4.45. The van der Waals surface area contributed by atoms with Crippen molar-refractivity contribution in [1.29, 1.82) is 0 Å². The van der Waals surface area contributed by atoms with Gasteiger partial charge in [0.1, 0.15) is 18.7 Å². The third kappa shape index (κ3) is 3.29. The van der Waals surface area contributed by atoms with E-state index in [1.807, 2.05) is 41.2 Å². The summed E-state index contributed by atoms with van der Waals surface area (Å²) in [6.45, 7) is 2.04. The summed E-state index contributed by atoms with van der Waals surface area (Å²) in [4.78, 5) is 20.2. The first-order valence-corrected chi connectivity index (χ1v) is 8.76. The number of aromatic nitrogens is 6. The summed E-state index contributed by atoms with van der Waals surface area (Å²) in [7, 11) is 1.34. The average Bonchev–Trinajstić information content (AvgIpc) is 3.39. The number of ether oxygens (including phenoxy) is 1. The van der Waals surface area contributed by atoms with Gasteiger partial charge in [-0.2, -0.15) is 10.2 Å². The Bertz CT molecular complexity index is 1100. The molecule has 4 aromatic rings. The van der Waals surface area contributed by atoms with Gasteiger partial charge in [0.25, 0.3) is 0 Å². The van der Waals surface area contributed by atoms with E-state index in [0.717, 1.165) is 16.6 Å². The maximum absolute atomic E-state index is 11.6. The molecule has 3 aromatic heterocycles. The second-order valence-electron chi connectivity index (χ2n) is 6.21. The Hall–Kier alpha value is -3.75. The lowest BCUT2D eigenvalue weighted by Crippen LogP contribution is -2.14. The molecule has 0 aliphatic heterocycles. The summed E-state index contributed by atoms with van der Waals surface area (Å²) >= 11 is 0. The highest BCUT2D eigenvalue weighted by molar-refractivity contribution is 5.87.